The molecule has 0 fully saturated rings. The van der Waals surface area contributed by atoms with Crippen molar-refractivity contribution in [3.8, 4) is 0 Å². The van der Waals surface area contributed by atoms with Crippen LogP contribution in [-0.4, -0.2) is 88.3 Å². The Morgan fingerprint density at radius 2 is 1.43 bits per heavy atom. The first-order valence-electron chi connectivity index (χ1n) is 11.3. The number of carboxylic acid groups (broad SMARTS) is 2. The predicted octanol–water partition coefficient (Wildman–Crippen LogP) is -3.38. The van der Waals surface area contributed by atoms with Crippen LogP contribution >= 0.6 is 0 Å². The molecule has 0 aliphatic rings. The second-order valence-electron chi connectivity index (χ2n) is 8.05. The lowest BCUT2D eigenvalue weighted by molar-refractivity contribution is -0.144. The van der Waals surface area contributed by atoms with Gasteiger partial charge in [-0.3, -0.25) is 24.2 Å². The van der Waals surface area contributed by atoms with Gasteiger partial charge in [0.1, 0.15) is 18.1 Å². The average Bonchev–Trinajstić information content (AvgIpc) is 2.83. The number of aliphatic hydroxyl groups is 1. The Hall–Kier alpha value is -4.24. The molecular formula is C22H33N7O8. The number of nitrogens with one attached hydrogen (secondary N) is 3. The van der Waals surface area contributed by atoms with Crippen molar-refractivity contribution in [1.82, 2.24) is 16.0 Å². The Morgan fingerprint density at radius 3 is 1.97 bits per heavy atom. The second kappa shape index (κ2) is 15.7. The summed E-state index contributed by atoms with van der Waals surface area (Å²) < 4.78 is 0. The summed E-state index contributed by atoms with van der Waals surface area (Å²) in [5.74, 6) is -5.83. The largest absolute Gasteiger partial charge is 0.481 e. The molecule has 1 rings (SSSR count). The first kappa shape index (κ1) is 30.8. The highest BCUT2D eigenvalue weighted by atomic mass is 16.4. The molecule has 204 valence electrons. The maximum absolute atomic E-state index is 13.1. The SMILES string of the molecule is NC(N)=NCCCC(N)C(=O)NC(Cc1ccccc1)C(=O)NC(CC(=O)O)C(=O)NC(CO)C(=O)O. The minimum absolute atomic E-state index is 0.0189. The van der Waals surface area contributed by atoms with Crippen molar-refractivity contribution in [2.45, 2.75) is 49.9 Å². The average molecular weight is 524 g/mol. The molecule has 4 atom stereocenters. The van der Waals surface area contributed by atoms with Crippen LogP contribution in [0.25, 0.3) is 0 Å². The van der Waals surface area contributed by atoms with E-state index in [1.54, 1.807) is 30.3 Å². The summed E-state index contributed by atoms with van der Waals surface area (Å²) in [6.45, 7) is -0.711. The maximum Gasteiger partial charge on any atom is 0.328 e. The van der Waals surface area contributed by atoms with Crippen LogP contribution in [0, 0.1) is 0 Å². The minimum Gasteiger partial charge on any atom is -0.481 e. The molecular weight excluding hydrogens is 490 g/mol. The number of carboxylic acids is 2. The molecule has 0 heterocycles. The number of carbonyl (C=O) groups excluding carboxylic acids is 3. The van der Waals surface area contributed by atoms with Crippen molar-refractivity contribution >= 4 is 35.6 Å². The van der Waals surface area contributed by atoms with E-state index in [1.165, 1.54) is 0 Å². The Morgan fingerprint density at radius 1 is 0.865 bits per heavy atom. The Labute approximate surface area is 212 Å². The number of guanidine groups is 1. The van der Waals surface area contributed by atoms with Crippen LogP contribution in [-0.2, 0) is 30.4 Å². The smallest absolute Gasteiger partial charge is 0.328 e. The molecule has 4 unspecified atom stereocenters. The number of aliphatic carboxylic acids is 2. The lowest BCUT2D eigenvalue weighted by Crippen LogP contribution is -2.58. The predicted molar refractivity (Wildman–Crippen MR) is 131 cm³/mol. The Balaban J connectivity index is 3.02. The fraction of sp³-hybridized carbons (Fsp3) is 0.455. The van der Waals surface area contributed by atoms with E-state index in [-0.39, 0.29) is 25.3 Å². The van der Waals surface area contributed by atoms with Crippen molar-refractivity contribution in [2.24, 2.45) is 22.2 Å². The number of rotatable bonds is 16. The van der Waals surface area contributed by atoms with Gasteiger partial charge < -0.3 is 48.5 Å². The van der Waals surface area contributed by atoms with E-state index in [4.69, 9.17) is 32.5 Å². The molecule has 15 heteroatoms. The van der Waals surface area contributed by atoms with Gasteiger partial charge in [0.2, 0.25) is 17.7 Å². The summed E-state index contributed by atoms with van der Waals surface area (Å²) in [6.07, 6.45) is -0.316. The number of aliphatic hydroxyl groups excluding tert-OH is 1. The van der Waals surface area contributed by atoms with E-state index in [1.807, 2.05) is 5.32 Å². The second-order valence-corrected chi connectivity index (χ2v) is 8.05. The van der Waals surface area contributed by atoms with Gasteiger partial charge in [-0.2, -0.15) is 0 Å². The number of hydrogen-bond acceptors (Lipinski definition) is 8. The summed E-state index contributed by atoms with van der Waals surface area (Å²) in [5, 5.41) is 34.0. The fourth-order valence-electron chi connectivity index (χ4n) is 3.10. The number of nitrogens with zero attached hydrogens (tertiary/aromatic N) is 1. The van der Waals surface area contributed by atoms with Gasteiger partial charge in [-0.05, 0) is 18.4 Å². The molecule has 1 aromatic carbocycles. The van der Waals surface area contributed by atoms with Crippen molar-refractivity contribution in [2.75, 3.05) is 13.2 Å². The molecule has 0 saturated heterocycles. The molecule has 0 aliphatic heterocycles. The molecule has 0 spiro atoms. The Bertz CT molecular complexity index is 969. The number of aliphatic imine (C=N–C) groups is 1. The molecule has 3 amide bonds. The lowest BCUT2D eigenvalue weighted by Gasteiger charge is -2.24. The molecule has 0 aromatic heterocycles. The number of hydrogen-bond donors (Lipinski definition) is 9. The molecule has 0 bridgehead atoms. The van der Waals surface area contributed by atoms with Gasteiger partial charge in [-0.15, -0.1) is 0 Å². The topological polar surface area (TPSA) is 273 Å². The van der Waals surface area contributed by atoms with Gasteiger partial charge in [0, 0.05) is 13.0 Å². The summed E-state index contributed by atoms with van der Waals surface area (Å²) in [7, 11) is 0. The molecule has 15 nitrogen and oxygen atoms in total. The van der Waals surface area contributed by atoms with Gasteiger partial charge in [0.15, 0.2) is 5.96 Å². The highest BCUT2D eigenvalue weighted by Gasteiger charge is 2.31. The summed E-state index contributed by atoms with van der Waals surface area (Å²) in [6, 6.07) is 2.89. The fourth-order valence-corrected chi connectivity index (χ4v) is 3.10. The third kappa shape index (κ3) is 11.8. The zero-order valence-electron chi connectivity index (χ0n) is 20.0. The van der Waals surface area contributed by atoms with Crippen LogP contribution < -0.4 is 33.2 Å². The third-order valence-corrected chi connectivity index (χ3v) is 5.03. The normalized spacial score (nSPS) is 13.8. The quantitative estimate of drug-likeness (QED) is 0.0585. The molecule has 1 aromatic rings. The van der Waals surface area contributed by atoms with Crippen LogP contribution in [0.2, 0.25) is 0 Å². The van der Waals surface area contributed by atoms with Gasteiger partial charge in [-0.25, -0.2) is 4.79 Å². The lowest BCUT2D eigenvalue weighted by atomic mass is 10.0. The zero-order chi connectivity index (χ0) is 28.0. The van der Waals surface area contributed by atoms with Crippen LogP contribution in [0.15, 0.2) is 35.3 Å². The van der Waals surface area contributed by atoms with Crippen LogP contribution in [0.4, 0.5) is 0 Å². The van der Waals surface area contributed by atoms with Gasteiger partial charge >= 0.3 is 11.9 Å². The summed E-state index contributed by atoms with van der Waals surface area (Å²) in [4.78, 5) is 64.4. The van der Waals surface area contributed by atoms with E-state index >= 15 is 0 Å². The standard InChI is InChI=1S/C22H33N7O8/c23-13(7-4-8-26-22(24)25)18(33)27-14(9-12-5-2-1-3-6-12)19(34)28-15(10-17(31)32)20(35)29-16(11-30)21(36)37/h1-3,5-6,13-16,30H,4,7-11,23H2,(H,27,33)(H,28,34)(H,29,35)(H,31,32)(H,36,37)(H4,24,25,26). The number of carbonyl (C=O) groups is 5. The van der Waals surface area contributed by atoms with E-state index in [0.29, 0.717) is 12.0 Å². The van der Waals surface area contributed by atoms with E-state index < -0.39 is 66.9 Å². The molecule has 0 radical (unpaired) electrons. The van der Waals surface area contributed by atoms with Crippen molar-refractivity contribution in [3.63, 3.8) is 0 Å². The Kier molecular flexibility index (Phi) is 13.1. The first-order chi connectivity index (χ1) is 17.4. The van der Waals surface area contributed by atoms with E-state index in [2.05, 4.69) is 15.6 Å². The molecule has 12 N–H and O–H groups in total. The van der Waals surface area contributed by atoms with Crippen molar-refractivity contribution in [1.29, 1.82) is 0 Å². The van der Waals surface area contributed by atoms with Crippen molar-refractivity contribution in [3.05, 3.63) is 35.9 Å². The van der Waals surface area contributed by atoms with E-state index in [0.717, 1.165) is 0 Å². The minimum atomic E-state index is -1.71. The van der Waals surface area contributed by atoms with E-state index in [9.17, 15) is 24.0 Å². The highest BCUT2D eigenvalue weighted by molar-refractivity contribution is 5.95. The first-order valence-corrected chi connectivity index (χ1v) is 11.3. The number of nitrogens with two attached hydrogens (primary N) is 3. The molecule has 0 saturated carbocycles. The van der Waals surface area contributed by atoms with Crippen LogP contribution in [0.3, 0.4) is 0 Å². The van der Waals surface area contributed by atoms with Gasteiger partial charge in [0.05, 0.1) is 19.1 Å². The van der Waals surface area contributed by atoms with Gasteiger partial charge in [-0.1, -0.05) is 30.3 Å². The highest BCUT2D eigenvalue weighted by Crippen LogP contribution is 2.06. The zero-order valence-corrected chi connectivity index (χ0v) is 20.0. The maximum atomic E-state index is 13.1. The molecule has 37 heavy (non-hydrogen) atoms. The van der Waals surface area contributed by atoms with Crippen molar-refractivity contribution < 1.29 is 39.3 Å². The van der Waals surface area contributed by atoms with Crippen LogP contribution in [0.5, 0.6) is 0 Å². The third-order valence-electron chi connectivity index (χ3n) is 5.03. The summed E-state index contributed by atoms with van der Waals surface area (Å²) >= 11 is 0. The number of amides is 3. The van der Waals surface area contributed by atoms with Crippen LogP contribution in [0.1, 0.15) is 24.8 Å². The molecule has 0 aliphatic carbocycles. The number of benzene rings is 1. The summed E-state index contributed by atoms with van der Waals surface area (Å²) in [5.41, 5.74) is 17.1. The monoisotopic (exact) mass is 523 g/mol. The van der Waals surface area contributed by atoms with Gasteiger partial charge in [0.25, 0.3) is 0 Å².